The highest BCUT2D eigenvalue weighted by molar-refractivity contribution is 8.00. The van der Waals surface area contributed by atoms with Crippen LogP contribution >= 0.6 is 11.8 Å². The molecule has 0 spiro atoms. The summed E-state index contributed by atoms with van der Waals surface area (Å²) in [6.45, 7) is 5.08. The maximum absolute atomic E-state index is 12.1. The average Bonchev–Trinajstić information content (AvgIpc) is 2.74. The molecule has 138 valence electrons. The van der Waals surface area contributed by atoms with Crippen LogP contribution in [0.5, 0.6) is 0 Å². The molecular formula is C16H33NO5S. The van der Waals surface area contributed by atoms with Gasteiger partial charge in [0.05, 0.1) is 38.2 Å². The van der Waals surface area contributed by atoms with E-state index in [-0.39, 0.29) is 38.3 Å². The Morgan fingerprint density at radius 3 is 2.43 bits per heavy atom. The molecule has 0 radical (unpaired) electrons. The Morgan fingerprint density at radius 1 is 1.09 bits per heavy atom. The number of likely N-dealkylation sites (tertiary alicyclic amines) is 1. The molecule has 0 aliphatic carbocycles. The Morgan fingerprint density at radius 2 is 1.78 bits per heavy atom. The third-order valence-corrected chi connectivity index (χ3v) is 4.16. The molecule has 1 aliphatic heterocycles. The topological polar surface area (TPSA) is 65.1 Å². The molecule has 1 atom stereocenters. The van der Waals surface area contributed by atoms with Crippen molar-refractivity contribution in [1.29, 1.82) is 0 Å². The van der Waals surface area contributed by atoms with Crippen molar-refractivity contribution in [3.8, 4) is 0 Å². The predicted octanol–water partition coefficient (Wildman–Crippen LogP) is 2.21. The highest BCUT2D eigenvalue weighted by Gasteiger charge is 2.38. The van der Waals surface area contributed by atoms with Gasteiger partial charge in [-0.1, -0.05) is 21.8 Å². The molecule has 1 aliphatic rings. The number of amides is 2. The van der Waals surface area contributed by atoms with Crippen LogP contribution in [0.3, 0.4) is 0 Å². The van der Waals surface area contributed by atoms with E-state index in [4.69, 9.17) is 14.2 Å². The van der Waals surface area contributed by atoms with Crippen molar-refractivity contribution in [2.75, 3.05) is 52.4 Å². The van der Waals surface area contributed by atoms with E-state index in [1.807, 2.05) is 0 Å². The Labute approximate surface area is 145 Å². The number of thioether (sulfide) groups is 1. The van der Waals surface area contributed by atoms with Crippen LogP contribution in [0.4, 0.5) is 0 Å². The third kappa shape index (κ3) is 9.30. The second-order valence-corrected chi connectivity index (χ2v) is 5.98. The van der Waals surface area contributed by atoms with Crippen LogP contribution in [0.25, 0.3) is 0 Å². The Kier molecular flexibility index (Phi) is 16.0. The quantitative estimate of drug-likeness (QED) is 0.397. The fourth-order valence-corrected chi connectivity index (χ4v) is 2.94. The monoisotopic (exact) mass is 351 g/mol. The van der Waals surface area contributed by atoms with Crippen molar-refractivity contribution in [2.24, 2.45) is 0 Å². The smallest absolute Gasteiger partial charge is 0.242 e. The van der Waals surface area contributed by atoms with Crippen LogP contribution in [-0.4, -0.2) is 74.4 Å². The highest BCUT2D eigenvalue weighted by atomic mass is 32.2. The highest BCUT2D eigenvalue weighted by Crippen LogP contribution is 2.24. The predicted molar refractivity (Wildman–Crippen MR) is 94.9 cm³/mol. The van der Waals surface area contributed by atoms with Gasteiger partial charge >= 0.3 is 0 Å². The Bertz CT molecular complexity index is 328. The summed E-state index contributed by atoms with van der Waals surface area (Å²) in [5, 5.41) is -0.262. The molecule has 23 heavy (non-hydrogen) atoms. The standard InChI is InChI=1S/C14H25NO5S.2CH4/c1-3-5-19-9-10-21-12-11-13(16)15(14(12)17)4-6-20-8-7-18-2;;/h12H,3-11H2,1-2H3;2*1H4. The fraction of sp³-hybridized carbons (Fsp3) is 0.875. The van der Waals surface area contributed by atoms with Crippen molar-refractivity contribution in [1.82, 2.24) is 4.90 Å². The van der Waals surface area contributed by atoms with Gasteiger partial charge in [-0.2, -0.15) is 0 Å². The molecule has 0 aromatic rings. The molecule has 7 heteroatoms. The van der Waals surface area contributed by atoms with E-state index in [0.29, 0.717) is 33.0 Å². The van der Waals surface area contributed by atoms with E-state index in [0.717, 1.165) is 18.8 Å². The molecule has 1 unspecified atom stereocenters. The first-order valence-electron chi connectivity index (χ1n) is 7.31. The summed E-state index contributed by atoms with van der Waals surface area (Å²) in [7, 11) is 1.60. The van der Waals surface area contributed by atoms with Gasteiger partial charge in [-0.15, -0.1) is 11.8 Å². The lowest BCUT2D eigenvalue weighted by Gasteiger charge is -2.14. The van der Waals surface area contributed by atoms with Gasteiger partial charge in [-0.3, -0.25) is 14.5 Å². The lowest BCUT2D eigenvalue weighted by atomic mass is 10.4. The molecule has 0 bridgehead atoms. The molecule has 6 nitrogen and oxygen atoms in total. The summed E-state index contributed by atoms with van der Waals surface area (Å²) in [5.74, 6) is 0.528. The van der Waals surface area contributed by atoms with Gasteiger partial charge in [-0.25, -0.2) is 0 Å². The fourth-order valence-electron chi connectivity index (χ4n) is 1.91. The summed E-state index contributed by atoms with van der Waals surface area (Å²) in [6, 6.07) is 0. The number of ether oxygens (including phenoxy) is 3. The van der Waals surface area contributed by atoms with Crippen LogP contribution in [0.1, 0.15) is 34.6 Å². The number of carbonyl (C=O) groups excluding carboxylic acids is 2. The molecule has 0 aromatic carbocycles. The molecule has 1 heterocycles. The van der Waals surface area contributed by atoms with E-state index in [2.05, 4.69) is 6.92 Å². The lowest BCUT2D eigenvalue weighted by Crippen LogP contribution is -2.34. The van der Waals surface area contributed by atoms with Gasteiger partial charge in [0, 0.05) is 25.9 Å². The zero-order chi connectivity index (χ0) is 15.5. The summed E-state index contributed by atoms with van der Waals surface area (Å²) in [4.78, 5) is 25.3. The van der Waals surface area contributed by atoms with Crippen LogP contribution < -0.4 is 0 Å². The summed E-state index contributed by atoms with van der Waals surface area (Å²) >= 11 is 1.50. The zero-order valence-electron chi connectivity index (χ0n) is 12.8. The number of nitrogens with zero attached hydrogens (tertiary/aromatic N) is 1. The minimum Gasteiger partial charge on any atom is -0.382 e. The summed E-state index contributed by atoms with van der Waals surface area (Å²) in [5.41, 5.74) is 0. The summed E-state index contributed by atoms with van der Waals surface area (Å²) in [6.07, 6.45) is 1.28. The second kappa shape index (κ2) is 14.9. The maximum Gasteiger partial charge on any atom is 0.242 e. The molecule has 0 saturated carbocycles. The molecule has 2 amide bonds. The molecule has 0 aromatic heterocycles. The van der Waals surface area contributed by atoms with E-state index in [1.165, 1.54) is 16.7 Å². The van der Waals surface area contributed by atoms with Gasteiger partial charge in [0.1, 0.15) is 0 Å². The van der Waals surface area contributed by atoms with Crippen molar-refractivity contribution < 1.29 is 23.8 Å². The van der Waals surface area contributed by atoms with E-state index in [1.54, 1.807) is 7.11 Å². The van der Waals surface area contributed by atoms with Gasteiger partial charge in [-0.05, 0) is 6.42 Å². The average molecular weight is 352 g/mol. The summed E-state index contributed by atoms with van der Waals surface area (Å²) < 4.78 is 15.5. The van der Waals surface area contributed by atoms with Gasteiger partial charge < -0.3 is 14.2 Å². The van der Waals surface area contributed by atoms with Crippen LogP contribution in [-0.2, 0) is 23.8 Å². The minimum atomic E-state index is -0.262. The Hall–Kier alpha value is -0.630. The number of hydrogen-bond acceptors (Lipinski definition) is 6. The first kappa shape index (κ1) is 24.6. The SMILES string of the molecule is C.C.CCCOCCSC1CC(=O)N(CCOCCOC)C1=O. The maximum atomic E-state index is 12.1. The van der Waals surface area contributed by atoms with Crippen molar-refractivity contribution >= 4 is 23.6 Å². The van der Waals surface area contributed by atoms with Crippen LogP contribution in [0.2, 0.25) is 0 Å². The first-order chi connectivity index (χ1) is 10.2. The number of imide groups is 1. The second-order valence-electron chi connectivity index (χ2n) is 4.66. The minimum absolute atomic E-state index is 0. The van der Waals surface area contributed by atoms with Crippen LogP contribution in [0, 0.1) is 0 Å². The van der Waals surface area contributed by atoms with Crippen LogP contribution in [0.15, 0.2) is 0 Å². The molecule has 1 rings (SSSR count). The van der Waals surface area contributed by atoms with E-state index < -0.39 is 0 Å². The largest absolute Gasteiger partial charge is 0.382 e. The number of carbonyl (C=O) groups is 2. The van der Waals surface area contributed by atoms with Crippen molar-refractivity contribution in [3.63, 3.8) is 0 Å². The van der Waals surface area contributed by atoms with E-state index >= 15 is 0 Å². The molecule has 1 saturated heterocycles. The first-order valence-corrected chi connectivity index (χ1v) is 8.35. The lowest BCUT2D eigenvalue weighted by molar-refractivity contribution is -0.139. The van der Waals surface area contributed by atoms with Gasteiger partial charge in [0.25, 0.3) is 0 Å². The molecular weight excluding hydrogens is 318 g/mol. The normalized spacial score (nSPS) is 17.1. The van der Waals surface area contributed by atoms with Crippen molar-refractivity contribution in [3.05, 3.63) is 0 Å². The van der Waals surface area contributed by atoms with E-state index in [9.17, 15) is 9.59 Å². The van der Waals surface area contributed by atoms with Gasteiger partial charge in [0.2, 0.25) is 11.8 Å². The zero-order valence-corrected chi connectivity index (χ0v) is 13.7. The number of methoxy groups -OCH3 is 1. The van der Waals surface area contributed by atoms with Gasteiger partial charge in [0.15, 0.2) is 0 Å². The molecule has 1 fully saturated rings. The molecule has 0 N–H and O–H groups in total. The number of rotatable bonds is 12. The van der Waals surface area contributed by atoms with Crippen molar-refractivity contribution in [2.45, 2.75) is 39.9 Å². The Balaban J connectivity index is 0. The third-order valence-electron chi connectivity index (χ3n) is 2.99. The number of hydrogen-bond donors (Lipinski definition) is 0.